The molecule has 0 aliphatic carbocycles. The van der Waals surface area contributed by atoms with Crippen LogP contribution in [0.2, 0.25) is 5.02 Å². The zero-order valence-electron chi connectivity index (χ0n) is 11.9. The molecule has 0 spiro atoms. The average molecular weight is 288 g/mol. The van der Waals surface area contributed by atoms with Crippen LogP contribution >= 0.6 is 11.6 Å². The van der Waals surface area contributed by atoms with Crippen LogP contribution in [0.15, 0.2) is 48.5 Å². The molecule has 0 saturated heterocycles. The van der Waals surface area contributed by atoms with E-state index in [2.05, 4.69) is 26.1 Å². The monoisotopic (exact) mass is 287 g/mol. The van der Waals surface area contributed by atoms with Gasteiger partial charge < -0.3 is 5.32 Å². The van der Waals surface area contributed by atoms with Gasteiger partial charge in [-0.2, -0.15) is 0 Å². The fourth-order valence-corrected chi connectivity index (χ4v) is 1.98. The number of hydrogen-bond donors (Lipinski definition) is 1. The Morgan fingerprint density at radius 2 is 1.50 bits per heavy atom. The van der Waals surface area contributed by atoms with Crippen molar-refractivity contribution in [2.45, 2.75) is 26.2 Å². The number of benzene rings is 2. The van der Waals surface area contributed by atoms with Crippen LogP contribution in [0.4, 0.5) is 5.69 Å². The SMILES string of the molecule is CC(C)(C)c1ccc(NC(=O)c2ccc(Cl)cc2)cc1. The maximum Gasteiger partial charge on any atom is 0.255 e. The van der Waals surface area contributed by atoms with Crippen molar-refractivity contribution >= 4 is 23.2 Å². The molecular weight excluding hydrogens is 270 g/mol. The van der Waals surface area contributed by atoms with Crippen LogP contribution in [0.5, 0.6) is 0 Å². The normalized spacial score (nSPS) is 11.2. The Morgan fingerprint density at radius 1 is 0.950 bits per heavy atom. The van der Waals surface area contributed by atoms with Gasteiger partial charge in [0.05, 0.1) is 0 Å². The molecule has 0 bridgehead atoms. The van der Waals surface area contributed by atoms with E-state index in [1.807, 2.05) is 24.3 Å². The molecule has 20 heavy (non-hydrogen) atoms. The Morgan fingerprint density at radius 3 is 2.00 bits per heavy atom. The molecule has 1 N–H and O–H groups in total. The molecule has 3 heteroatoms. The maximum atomic E-state index is 12.1. The Hall–Kier alpha value is -1.80. The number of hydrogen-bond acceptors (Lipinski definition) is 1. The molecule has 0 atom stereocenters. The average Bonchev–Trinajstić information content (AvgIpc) is 2.39. The van der Waals surface area contributed by atoms with Crippen LogP contribution in [-0.4, -0.2) is 5.91 Å². The van der Waals surface area contributed by atoms with Gasteiger partial charge in [0.1, 0.15) is 0 Å². The van der Waals surface area contributed by atoms with Gasteiger partial charge in [-0.25, -0.2) is 0 Å². The first-order valence-electron chi connectivity index (χ1n) is 6.54. The standard InChI is InChI=1S/C17H18ClNO/c1-17(2,3)13-6-10-15(11-7-13)19-16(20)12-4-8-14(18)9-5-12/h4-11H,1-3H3,(H,19,20). The van der Waals surface area contributed by atoms with E-state index in [1.165, 1.54) is 5.56 Å². The van der Waals surface area contributed by atoms with Gasteiger partial charge in [0.15, 0.2) is 0 Å². The minimum Gasteiger partial charge on any atom is -0.322 e. The molecule has 0 unspecified atom stereocenters. The van der Waals surface area contributed by atoms with Gasteiger partial charge in [-0.15, -0.1) is 0 Å². The second-order valence-electron chi connectivity index (χ2n) is 5.79. The number of rotatable bonds is 2. The molecule has 0 radical (unpaired) electrons. The molecule has 104 valence electrons. The van der Waals surface area contributed by atoms with E-state index in [-0.39, 0.29) is 11.3 Å². The van der Waals surface area contributed by atoms with Crippen molar-refractivity contribution in [3.8, 4) is 0 Å². The van der Waals surface area contributed by atoms with E-state index in [9.17, 15) is 4.79 Å². The lowest BCUT2D eigenvalue weighted by Crippen LogP contribution is -2.13. The first-order chi connectivity index (χ1) is 9.36. The molecule has 1 amide bonds. The molecule has 2 nitrogen and oxygen atoms in total. The van der Waals surface area contributed by atoms with Crippen molar-refractivity contribution in [2.24, 2.45) is 0 Å². The predicted octanol–water partition coefficient (Wildman–Crippen LogP) is 4.89. The summed E-state index contributed by atoms with van der Waals surface area (Å²) in [4.78, 5) is 12.1. The van der Waals surface area contributed by atoms with Crippen LogP contribution in [-0.2, 0) is 5.41 Å². The minimum atomic E-state index is -0.134. The fourth-order valence-electron chi connectivity index (χ4n) is 1.86. The second-order valence-corrected chi connectivity index (χ2v) is 6.22. The van der Waals surface area contributed by atoms with Gasteiger partial charge in [0.25, 0.3) is 5.91 Å². The van der Waals surface area contributed by atoms with Gasteiger partial charge in [0, 0.05) is 16.3 Å². The molecule has 0 aromatic heterocycles. The van der Waals surface area contributed by atoms with Gasteiger partial charge in [-0.1, -0.05) is 44.5 Å². The topological polar surface area (TPSA) is 29.1 Å². The maximum absolute atomic E-state index is 12.1. The largest absolute Gasteiger partial charge is 0.322 e. The Balaban J connectivity index is 2.10. The van der Waals surface area contributed by atoms with Crippen molar-refractivity contribution in [1.82, 2.24) is 0 Å². The van der Waals surface area contributed by atoms with Crippen LogP contribution in [0, 0.1) is 0 Å². The number of nitrogens with one attached hydrogen (secondary N) is 1. The van der Waals surface area contributed by atoms with Gasteiger partial charge >= 0.3 is 0 Å². The van der Waals surface area contributed by atoms with E-state index in [1.54, 1.807) is 24.3 Å². The van der Waals surface area contributed by atoms with Crippen molar-refractivity contribution in [3.05, 3.63) is 64.7 Å². The van der Waals surface area contributed by atoms with Crippen molar-refractivity contribution in [1.29, 1.82) is 0 Å². The highest BCUT2D eigenvalue weighted by atomic mass is 35.5. The number of halogens is 1. The second kappa shape index (κ2) is 5.68. The van der Waals surface area contributed by atoms with Crippen molar-refractivity contribution in [2.75, 3.05) is 5.32 Å². The van der Waals surface area contributed by atoms with Gasteiger partial charge in [-0.05, 0) is 47.4 Å². The lowest BCUT2D eigenvalue weighted by molar-refractivity contribution is 0.102. The zero-order chi connectivity index (χ0) is 14.8. The quantitative estimate of drug-likeness (QED) is 0.837. The molecule has 2 aromatic carbocycles. The van der Waals surface area contributed by atoms with Gasteiger partial charge in [0.2, 0.25) is 0 Å². The summed E-state index contributed by atoms with van der Waals surface area (Å²) in [5.74, 6) is -0.134. The van der Waals surface area contributed by atoms with E-state index in [4.69, 9.17) is 11.6 Å². The number of carbonyl (C=O) groups is 1. The number of carbonyl (C=O) groups excluding carboxylic acids is 1. The summed E-state index contributed by atoms with van der Waals surface area (Å²) in [5.41, 5.74) is 2.73. The van der Waals surface area contributed by atoms with Crippen LogP contribution in [0.25, 0.3) is 0 Å². The van der Waals surface area contributed by atoms with Crippen LogP contribution in [0.1, 0.15) is 36.7 Å². The molecule has 0 aliphatic heterocycles. The first-order valence-corrected chi connectivity index (χ1v) is 6.91. The molecule has 0 heterocycles. The lowest BCUT2D eigenvalue weighted by Gasteiger charge is -2.19. The third-order valence-electron chi connectivity index (χ3n) is 3.12. The highest BCUT2D eigenvalue weighted by Gasteiger charge is 2.13. The molecule has 0 saturated carbocycles. The summed E-state index contributed by atoms with van der Waals surface area (Å²) in [6, 6.07) is 14.8. The molecule has 2 aromatic rings. The third kappa shape index (κ3) is 3.61. The summed E-state index contributed by atoms with van der Waals surface area (Å²) in [6.07, 6.45) is 0. The number of anilines is 1. The molecule has 0 fully saturated rings. The summed E-state index contributed by atoms with van der Waals surface area (Å²) < 4.78 is 0. The fraction of sp³-hybridized carbons (Fsp3) is 0.235. The summed E-state index contributed by atoms with van der Waals surface area (Å²) in [7, 11) is 0. The Kier molecular flexibility index (Phi) is 4.15. The predicted molar refractivity (Wildman–Crippen MR) is 84.5 cm³/mol. The lowest BCUT2D eigenvalue weighted by atomic mass is 9.87. The zero-order valence-corrected chi connectivity index (χ0v) is 12.7. The van der Waals surface area contributed by atoms with Gasteiger partial charge in [-0.3, -0.25) is 4.79 Å². The third-order valence-corrected chi connectivity index (χ3v) is 3.37. The highest BCUT2D eigenvalue weighted by molar-refractivity contribution is 6.30. The molecular formula is C17H18ClNO. The summed E-state index contributed by atoms with van der Waals surface area (Å²) in [6.45, 7) is 6.48. The molecule has 2 rings (SSSR count). The van der Waals surface area contributed by atoms with Crippen LogP contribution < -0.4 is 5.32 Å². The number of amides is 1. The summed E-state index contributed by atoms with van der Waals surface area (Å²) in [5, 5.41) is 3.50. The van der Waals surface area contributed by atoms with Crippen molar-refractivity contribution in [3.63, 3.8) is 0 Å². The van der Waals surface area contributed by atoms with E-state index >= 15 is 0 Å². The van der Waals surface area contributed by atoms with E-state index in [0.29, 0.717) is 10.6 Å². The summed E-state index contributed by atoms with van der Waals surface area (Å²) >= 11 is 5.80. The smallest absolute Gasteiger partial charge is 0.255 e. The Bertz CT molecular complexity index is 594. The van der Waals surface area contributed by atoms with E-state index in [0.717, 1.165) is 5.69 Å². The van der Waals surface area contributed by atoms with Crippen LogP contribution in [0.3, 0.4) is 0 Å². The Labute approximate surface area is 124 Å². The highest BCUT2D eigenvalue weighted by Crippen LogP contribution is 2.23. The van der Waals surface area contributed by atoms with Crippen molar-refractivity contribution < 1.29 is 4.79 Å². The van der Waals surface area contributed by atoms with E-state index < -0.39 is 0 Å². The molecule has 0 aliphatic rings. The first kappa shape index (κ1) is 14.6. The minimum absolute atomic E-state index is 0.110.